The van der Waals surface area contributed by atoms with E-state index in [0.717, 1.165) is 69.3 Å². The Morgan fingerprint density at radius 2 is 1.70 bits per heavy atom. The van der Waals surface area contributed by atoms with Gasteiger partial charge in [-0.15, -0.1) is 0 Å². The molecule has 0 aromatic heterocycles. The fourth-order valence-corrected chi connectivity index (χ4v) is 6.01. The zero-order valence-electron chi connectivity index (χ0n) is 20.6. The summed E-state index contributed by atoms with van der Waals surface area (Å²) in [5, 5.41) is 0.741. The molecule has 6 heteroatoms. The maximum atomic E-state index is 12.8. The molecule has 0 atom stereocenters. The van der Waals surface area contributed by atoms with Gasteiger partial charge >= 0.3 is 6.03 Å². The summed E-state index contributed by atoms with van der Waals surface area (Å²) in [6.45, 7) is 10.3. The van der Waals surface area contributed by atoms with Crippen molar-refractivity contribution >= 4 is 17.6 Å². The normalized spacial score (nSPS) is 21.4. The van der Waals surface area contributed by atoms with E-state index in [-0.39, 0.29) is 6.10 Å². The number of benzene rings is 1. The first-order valence-corrected chi connectivity index (χ1v) is 13.6. The Labute approximate surface area is 205 Å². The SMILES string of the molecule is CC(C)Oc1cc(Cl)ccc1C1CCN(CCCCN2CCN(C3CCCCC3)C2=O)CC1. The van der Waals surface area contributed by atoms with Crippen molar-refractivity contribution in [2.75, 3.05) is 39.3 Å². The number of hydrogen-bond acceptors (Lipinski definition) is 3. The van der Waals surface area contributed by atoms with Crippen molar-refractivity contribution in [2.45, 2.75) is 89.7 Å². The van der Waals surface area contributed by atoms with Crippen molar-refractivity contribution in [3.63, 3.8) is 0 Å². The van der Waals surface area contributed by atoms with Gasteiger partial charge in [-0.2, -0.15) is 0 Å². The molecule has 0 bridgehead atoms. The minimum absolute atomic E-state index is 0.152. The minimum atomic E-state index is 0.152. The molecule has 0 radical (unpaired) electrons. The molecule has 0 N–H and O–H groups in total. The lowest BCUT2D eigenvalue weighted by Crippen LogP contribution is -2.40. The van der Waals surface area contributed by atoms with Crippen LogP contribution in [0.4, 0.5) is 4.79 Å². The van der Waals surface area contributed by atoms with Gasteiger partial charge in [0.25, 0.3) is 0 Å². The van der Waals surface area contributed by atoms with E-state index < -0.39 is 0 Å². The maximum Gasteiger partial charge on any atom is 0.320 e. The van der Waals surface area contributed by atoms with Gasteiger partial charge in [-0.25, -0.2) is 4.79 Å². The van der Waals surface area contributed by atoms with Gasteiger partial charge in [-0.1, -0.05) is 36.9 Å². The Morgan fingerprint density at radius 3 is 2.42 bits per heavy atom. The van der Waals surface area contributed by atoms with Crippen LogP contribution in [-0.2, 0) is 0 Å². The molecule has 1 aromatic rings. The molecule has 0 spiro atoms. The summed E-state index contributed by atoms with van der Waals surface area (Å²) in [6, 6.07) is 6.92. The van der Waals surface area contributed by atoms with E-state index >= 15 is 0 Å². The number of piperidine rings is 1. The van der Waals surface area contributed by atoms with Crippen LogP contribution in [0.2, 0.25) is 5.02 Å². The van der Waals surface area contributed by atoms with Crippen LogP contribution in [-0.4, -0.2) is 72.1 Å². The van der Waals surface area contributed by atoms with Gasteiger partial charge in [0.05, 0.1) is 6.10 Å². The highest BCUT2D eigenvalue weighted by atomic mass is 35.5. The Balaban J connectivity index is 1.16. The molecule has 3 aliphatic rings. The first-order valence-electron chi connectivity index (χ1n) is 13.3. The van der Waals surface area contributed by atoms with Crippen LogP contribution in [0.25, 0.3) is 0 Å². The van der Waals surface area contributed by atoms with E-state index in [9.17, 15) is 4.79 Å². The average molecular weight is 476 g/mol. The molecule has 3 fully saturated rings. The predicted molar refractivity (Wildman–Crippen MR) is 135 cm³/mol. The molecular formula is C27H42ClN3O2. The number of unbranched alkanes of at least 4 members (excludes halogenated alkanes) is 1. The standard InChI is InChI=1S/C27H42ClN3O2/c1-21(2)33-26-20-23(28)10-11-25(26)22-12-16-29(17-13-22)14-6-7-15-30-18-19-31(27(30)32)24-8-4-3-5-9-24/h10-11,20-22,24H,3-9,12-19H2,1-2H3. The average Bonchev–Trinajstić information content (AvgIpc) is 3.18. The van der Waals surface area contributed by atoms with Crippen molar-refractivity contribution in [1.29, 1.82) is 0 Å². The number of ether oxygens (including phenoxy) is 1. The minimum Gasteiger partial charge on any atom is -0.491 e. The van der Waals surface area contributed by atoms with Gasteiger partial charge in [0.1, 0.15) is 5.75 Å². The lowest BCUT2D eigenvalue weighted by molar-refractivity contribution is 0.161. The van der Waals surface area contributed by atoms with Crippen molar-refractivity contribution in [3.8, 4) is 5.75 Å². The number of carbonyl (C=O) groups is 1. The van der Waals surface area contributed by atoms with E-state index in [1.807, 2.05) is 12.1 Å². The van der Waals surface area contributed by atoms with E-state index in [1.54, 1.807) is 0 Å². The Morgan fingerprint density at radius 1 is 0.970 bits per heavy atom. The van der Waals surface area contributed by atoms with E-state index in [1.165, 1.54) is 44.1 Å². The summed E-state index contributed by atoms with van der Waals surface area (Å²) in [5.41, 5.74) is 1.31. The quantitative estimate of drug-likeness (QED) is 0.401. The number of likely N-dealkylation sites (tertiary alicyclic amines) is 1. The van der Waals surface area contributed by atoms with Gasteiger partial charge in [0.2, 0.25) is 0 Å². The van der Waals surface area contributed by atoms with Crippen molar-refractivity contribution in [3.05, 3.63) is 28.8 Å². The van der Waals surface area contributed by atoms with Crippen LogP contribution in [0.5, 0.6) is 5.75 Å². The Kier molecular flexibility index (Phi) is 8.81. The number of amides is 2. The highest BCUT2D eigenvalue weighted by Crippen LogP contribution is 2.36. The van der Waals surface area contributed by atoms with Gasteiger partial charge < -0.3 is 19.4 Å². The van der Waals surface area contributed by atoms with Gasteiger partial charge in [-0.05, 0) is 95.6 Å². The number of urea groups is 1. The van der Waals surface area contributed by atoms with Crippen molar-refractivity contribution in [2.24, 2.45) is 0 Å². The number of carbonyl (C=O) groups excluding carboxylic acids is 1. The van der Waals surface area contributed by atoms with Crippen molar-refractivity contribution in [1.82, 2.24) is 14.7 Å². The maximum absolute atomic E-state index is 12.8. The molecule has 5 nitrogen and oxygen atoms in total. The molecule has 1 saturated carbocycles. The second kappa shape index (κ2) is 11.8. The fraction of sp³-hybridized carbons (Fsp3) is 0.741. The zero-order chi connectivity index (χ0) is 23.2. The molecule has 4 rings (SSSR count). The van der Waals surface area contributed by atoms with Crippen LogP contribution in [0.3, 0.4) is 0 Å². The second-order valence-electron chi connectivity index (χ2n) is 10.4. The van der Waals surface area contributed by atoms with Crippen LogP contribution >= 0.6 is 11.6 Å². The van der Waals surface area contributed by atoms with Crippen LogP contribution in [0.15, 0.2) is 18.2 Å². The molecule has 2 amide bonds. The molecule has 33 heavy (non-hydrogen) atoms. The molecule has 2 aliphatic heterocycles. The molecule has 184 valence electrons. The predicted octanol–water partition coefficient (Wildman–Crippen LogP) is 6.16. The van der Waals surface area contributed by atoms with Crippen LogP contribution in [0.1, 0.15) is 83.1 Å². The largest absolute Gasteiger partial charge is 0.491 e. The lowest BCUT2D eigenvalue weighted by atomic mass is 9.88. The summed E-state index contributed by atoms with van der Waals surface area (Å²) in [7, 11) is 0. The molecule has 2 heterocycles. The van der Waals surface area contributed by atoms with Gasteiger partial charge in [0.15, 0.2) is 0 Å². The highest BCUT2D eigenvalue weighted by Gasteiger charge is 2.33. The lowest BCUT2D eigenvalue weighted by Gasteiger charge is -2.33. The third kappa shape index (κ3) is 6.57. The molecule has 0 unspecified atom stereocenters. The zero-order valence-corrected chi connectivity index (χ0v) is 21.4. The Hall–Kier alpha value is -1.46. The first-order chi connectivity index (χ1) is 16.0. The van der Waals surface area contributed by atoms with E-state index in [2.05, 4.69) is 34.6 Å². The van der Waals surface area contributed by atoms with Crippen LogP contribution in [0, 0.1) is 0 Å². The summed E-state index contributed by atoms with van der Waals surface area (Å²) < 4.78 is 6.06. The second-order valence-corrected chi connectivity index (χ2v) is 10.9. The first kappa shape index (κ1) is 24.7. The molecular weight excluding hydrogens is 434 g/mol. The van der Waals surface area contributed by atoms with E-state index in [0.29, 0.717) is 18.0 Å². The highest BCUT2D eigenvalue weighted by molar-refractivity contribution is 6.30. The molecule has 1 aliphatic carbocycles. The number of halogens is 1. The summed E-state index contributed by atoms with van der Waals surface area (Å²) in [4.78, 5) is 19.7. The third-order valence-corrected chi connectivity index (χ3v) is 7.90. The Bertz CT molecular complexity index is 773. The molecule has 2 saturated heterocycles. The fourth-order valence-electron chi connectivity index (χ4n) is 5.85. The number of nitrogens with zero attached hydrogens (tertiary/aromatic N) is 3. The third-order valence-electron chi connectivity index (χ3n) is 7.66. The summed E-state index contributed by atoms with van der Waals surface area (Å²) in [5.74, 6) is 1.49. The van der Waals surface area contributed by atoms with Crippen molar-refractivity contribution < 1.29 is 9.53 Å². The summed E-state index contributed by atoms with van der Waals surface area (Å²) in [6.07, 6.45) is 11.1. The smallest absolute Gasteiger partial charge is 0.320 e. The van der Waals surface area contributed by atoms with Gasteiger partial charge in [-0.3, -0.25) is 0 Å². The van der Waals surface area contributed by atoms with Gasteiger partial charge in [0, 0.05) is 30.7 Å². The molecule has 1 aromatic carbocycles. The summed E-state index contributed by atoms with van der Waals surface area (Å²) >= 11 is 6.22. The van der Waals surface area contributed by atoms with E-state index in [4.69, 9.17) is 16.3 Å². The number of hydrogen-bond donors (Lipinski definition) is 0. The van der Waals surface area contributed by atoms with Crippen LogP contribution < -0.4 is 4.74 Å². The topological polar surface area (TPSA) is 36.0 Å². The number of rotatable bonds is 9. The monoisotopic (exact) mass is 475 g/mol.